The molecule has 0 aliphatic heterocycles. The topological polar surface area (TPSA) is 110 Å². The summed E-state index contributed by atoms with van der Waals surface area (Å²) in [6.07, 6.45) is 8.90. The van der Waals surface area contributed by atoms with Gasteiger partial charge in [-0.05, 0) is 12.8 Å². The number of aliphatic hydroxyl groups excluding tert-OH is 4. The van der Waals surface area contributed by atoms with Gasteiger partial charge in [-0.25, -0.2) is 0 Å². The van der Waals surface area contributed by atoms with E-state index in [9.17, 15) is 25.5 Å². The van der Waals surface area contributed by atoms with Crippen LogP contribution in [0.4, 0.5) is 0 Å². The Kier molecular flexibility index (Phi) is 17.5. The molecule has 0 spiro atoms. The molecule has 0 heterocycles. The summed E-state index contributed by atoms with van der Waals surface area (Å²) >= 11 is 0. The fraction of sp³-hybridized carbons (Fsp3) is 1.00. The van der Waals surface area contributed by atoms with Crippen molar-refractivity contribution in [3.05, 3.63) is 0 Å². The average Bonchev–Trinajstić information content (AvgIpc) is 2.71. The molecule has 0 aliphatic rings. The molecule has 0 aromatic heterocycles. The van der Waals surface area contributed by atoms with Crippen LogP contribution in [-0.2, 0) is 4.74 Å². The van der Waals surface area contributed by atoms with E-state index in [0.29, 0.717) is 13.0 Å². The largest absolute Gasteiger partial charge is 0.394 e. The molecule has 0 amide bonds. The Morgan fingerprint density at radius 2 is 1.21 bits per heavy atom. The average molecular weight is 407 g/mol. The third kappa shape index (κ3) is 11.1. The van der Waals surface area contributed by atoms with Gasteiger partial charge in [-0.3, -0.25) is 0 Å². The van der Waals surface area contributed by atoms with Crippen LogP contribution in [0.5, 0.6) is 0 Å². The third-order valence-corrected chi connectivity index (χ3v) is 5.51. The van der Waals surface area contributed by atoms with E-state index in [-0.39, 0.29) is 6.42 Å². The van der Waals surface area contributed by atoms with Crippen molar-refractivity contribution >= 4 is 0 Å². The molecule has 0 saturated carbocycles. The molecule has 5 N–H and O–H groups in total. The Hall–Kier alpha value is -0.240. The number of ether oxygens (including phenoxy) is 1. The molecule has 6 heteroatoms. The quantitative estimate of drug-likeness (QED) is 0.199. The van der Waals surface area contributed by atoms with E-state index >= 15 is 0 Å². The molecular formula is C22H46O6. The van der Waals surface area contributed by atoms with Crippen molar-refractivity contribution in [2.75, 3.05) is 19.8 Å². The molecule has 170 valence electrons. The van der Waals surface area contributed by atoms with Crippen molar-refractivity contribution < 1.29 is 30.3 Å². The highest BCUT2D eigenvalue weighted by Crippen LogP contribution is 2.29. The molecule has 4 atom stereocenters. The summed E-state index contributed by atoms with van der Waals surface area (Å²) in [5, 5.41) is 50.4. The van der Waals surface area contributed by atoms with Crippen LogP contribution in [0, 0.1) is 0 Å². The summed E-state index contributed by atoms with van der Waals surface area (Å²) in [6.45, 7) is 3.46. The number of rotatable bonds is 20. The van der Waals surface area contributed by atoms with Crippen LogP contribution >= 0.6 is 0 Å². The van der Waals surface area contributed by atoms with E-state index in [1.165, 1.54) is 25.7 Å². The zero-order chi connectivity index (χ0) is 21.3. The highest BCUT2D eigenvalue weighted by Gasteiger charge is 2.46. The predicted molar refractivity (Wildman–Crippen MR) is 112 cm³/mol. The van der Waals surface area contributed by atoms with Gasteiger partial charge in [0.25, 0.3) is 0 Å². The third-order valence-electron chi connectivity index (χ3n) is 5.51. The minimum Gasteiger partial charge on any atom is -0.394 e. The van der Waals surface area contributed by atoms with Crippen LogP contribution in [0.2, 0.25) is 0 Å². The van der Waals surface area contributed by atoms with E-state index in [2.05, 4.69) is 13.8 Å². The van der Waals surface area contributed by atoms with Crippen LogP contribution < -0.4 is 0 Å². The Bertz CT molecular complexity index is 341. The maximum absolute atomic E-state index is 11.1. The standard InChI is InChI=1S/C22H46O6/c1-3-5-7-9-11-13-15-22(27,20(26)18-24)21(19(25)17-23)28-16-14-12-10-8-6-4-2/h19-21,23-27H,3-18H2,1-2H3. The van der Waals surface area contributed by atoms with Gasteiger partial charge in [0.05, 0.1) is 13.2 Å². The molecule has 0 rings (SSSR count). The second-order valence-corrected chi connectivity index (χ2v) is 8.02. The van der Waals surface area contributed by atoms with Crippen molar-refractivity contribution in [3.8, 4) is 0 Å². The van der Waals surface area contributed by atoms with Crippen molar-refractivity contribution in [3.63, 3.8) is 0 Å². The lowest BCUT2D eigenvalue weighted by atomic mass is 9.82. The van der Waals surface area contributed by atoms with Crippen molar-refractivity contribution in [2.45, 2.75) is 121 Å². The van der Waals surface area contributed by atoms with Gasteiger partial charge in [0.15, 0.2) is 0 Å². The zero-order valence-corrected chi connectivity index (χ0v) is 18.2. The Balaban J connectivity index is 4.72. The van der Waals surface area contributed by atoms with Crippen LogP contribution in [-0.4, -0.2) is 69.3 Å². The minimum atomic E-state index is -1.79. The van der Waals surface area contributed by atoms with Crippen LogP contribution in [0.1, 0.15) is 97.3 Å². The van der Waals surface area contributed by atoms with Gasteiger partial charge in [-0.15, -0.1) is 0 Å². The molecule has 0 saturated heterocycles. The number of unbranched alkanes of at least 4 members (excludes halogenated alkanes) is 10. The van der Waals surface area contributed by atoms with Gasteiger partial charge in [0, 0.05) is 6.61 Å². The first-order valence-corrected chi connectivity index (χ1v) is 11.4. The molecule has 0 aromatic carbocycles. The van der Waals surface area contributed by atoms with Gasteiger partial charge in [-0.1, -0.05) is 84.5 Å². The molecule has 0 fully saturated rings. The first kappa shape index (κ1) is 27.8. The summed E-state index contributed by atoms with van der Waals surface area (Å²) in [5.41, 5.74) is -1.79. The van der Waals surface area contributed by atoms with E-state index in [1.54, 1.807) is 0 Å². The molecule has 0 aliphatic carbocycles. The fourth-order valence-corrected chi connectivity index (χ4v) is 3.62. The van der Waals surface area contributed by atoms with E-state index in [1.807, 2.05) is 0 Å². The molecule has 0 radical (unpaired) electrons. The molecule has 4 unspecified atom stereocenters. The first-order valence-electron chi connectivity index (χ1n) is 11.4. The SMILES string of the molecule is CCCCCCCCOC(C(O)CO)C(O)(CCCCCCCC)C(O)CO. The maximum atomic E-state index is 11.1. The molecule has 28 heavy (non-hydrogen) atoms. The smallest absolute Gasteiger partial charge is 0.121 e. The lowest BCUT2D eigenvalue weighted by Crippen LogP contribution is -2.59. The van der Waals surface area contributed by atoms with Crippen molar-refractivity contribution in [1.29, 1.82) is 0 Å². The van der Waals surface area contributed by atoms with Gasteiger partial charge in [0.1, 0.15) is 23.9 Å². The maximum Gasteiger partial charge on any atom is 0.121 e. The lowest BCUT2D eigenvalue weighted by Gasteiger charge is -2.41. The molecular weight excluding hydrogens is 360 g/mol. The van der Waals surface area contributed by atoms with E-state index in [4.69, 9.17) is 4.74 Å². The van der Waals surface area contributed by atoms with E-state index in [0.717, 1.165) is 44.9 Å². The zero-order valence-electron chi connectivity index (χ0n) is 18.2. The Morgan fingerprint density at radius 1 is 0.714 bits per heavy atom. The molecule has 6 nitrogen and oxygen atoms in total. The van der Waals surface area contributed by atoms with Gasteiger partial charge in [-0.2, -0.15) is 0 Å². The van der Waals surface area contributed by atoms with Crippen LogP contribution in [0.3, 0.4) is 0 Å². The lowest BCUT2D eigenvalue weighted by molar-refractivity contribution is -0.211. The summed E-state index contributed by atoms with van der Waals surface area (Å²) in [4.78, 5) is 0. The summed E-state index contributed by atoms with van der Waals surface area (Å²) in [6, 6.07) is 0. The van der Waals surface area contributed by atoms with Gasteiger partial charge < -0.3 is 30.3 Å². The second kappa shape index (κ2) is 17.6. The second-order valence-electron chi connectivity index (χ2n) is 8.02. The Morgan fingerprint density at radius 3 is 1.71 bits per heavy atom. The van der Waals surface area contributed by atoms with Crippen LogP contribution in [0.15, 0.2) is 0 Å². The normalized spacial score (nSPS) is 17.2. The highest BCUT2D eigenvalue weighted by atomic mass is 16.5. The summed E-state index contributed by atoms with van der Waals surface area (Å²) < 4.78 is 5.75. The predicted octanol–water partition coefficient (Wildman–Crippen LogP) is 2.92. The monoisotopic (exact) mass is 406 g/mol. The van der Waals surface area contributed by atoms with Crippen molar-refractivity contribution in [1.82, 2.24) is 0 Å². The summed E-state index contributed by atoms with van der Waals surface area (Å²) in [5.74, 6) is 0. The molecule has 0 bridgehead atoms. The van der Waals surface area contributed by atoms with Gasteiger partial charge in [0.2, 0.25) is 0 Å². The Labute approximate surface area is 171 Å². The van der Waals surface area contributed by atoms with E-state index < -0.39 is 37.1 Å². The minimum absolute atomic E-state index is 0.207. The fourth-order valence-electron chi connectivity index (χ4n) is 3.62. The number of hydrogen-bond donors (Lipinski definition) is 5. The van der Waals surface area contributed by atoms with Crippen LogP contribution in [0.25, 0.3) is 0 Å². The number of aliphatic hydroxyl groups is 5. The van der Waals surface area contributed by atoms with Gasteiger partial charge >= 0.3 is 0 Å². The molecule has 0 aromatic rings. The van der Waals surface area contributed by atoms with Crippen molar-refractivity contribution in [2.24, 2.45) is 0 Å². The highest BCUT2D eigenvalue weighted by molar-refractivity contribution is 4.97. The first-order chi connectivity index (χ1) is 13.5. The number of hydrogen-bond acceptors (Lipinski definition) is 6. The summed E-state index contributed by atoms with van der Waals surface area (Å²) in [7, 11) is 0.